The summed E-state index contributed by atoms with van der Waals surface area (Å²) in [6.07, 6.45) is 3.22. The van der Waals surface area contributed by atoms with Crippen LogP contribution in [0.4, 0.5) is 5.69 Å². The van der Waals surface area contributed by atoms with Crippen LogP contribution in [-0.4, -0.2) is 60.6 Å². The van der Waals surface area contributed by atoms with E-state index in [1.54, 1.807) is 30.3 Å². The van der Waals surface area contributed by atoms with E-state index in [-0.39, 0.29) is 34.6 Å². The van der Waals surface area contributed by atoms with Crippen LogP contribution in [0.2, 0.25) is 0 Å². The molecule has 1 saturated carbocycles. The summed E-state index contributed by atoms with van der Waals surface area (Å²) in [5.74, 6) is -3.79. The van der Waals surface area contributed by atoms with Crippen molar-refractivity contribution in [2.45, 2.75) is 43.8 Å². The van der Waals surface area contributed by atoms with Gasteiger partial charge in [0, 0.05) is 35.6 Å². The number of nitrogens with zero attached hydrogens (tertiary/aromatic N) is 2. The number of carboxylic acid groups (broad SMARTS) is 1. The lowest BCUT2D eigenvalue weighted by molar-refractivity contribution is -0.879. The largest absolute Gasteiger partial charge is 0.545 e. The Morgan fingerprint density at radius 1 is 1.00 bits per heavy atom. The van der Waals surface area contributed by atoms with Crippen molar-refractivity contribution in [2.75, 3.05) is 27.2 Å². The Morgan fingerprint density at radius 3 is 2.18 bits per heavy atom. The summed E-state index contributed by atoms with van der Waals surface area (Å²) >= 11 is 0. The zero-order chi connectivity index (χ0) is 26.8. The average molecular weight is 591 g/mol. The fourth-order valence-electron chi connectivity index (χ4n) is 5.44. The molecule has 0 spiro atoms. The van der Waals surface area contributed by atoms with Crippen LogP contribution in [-0.2, 0) is 19.9 Å². The Labute approximate surface area is 231 Å². The van der Waals surface area contributed by atoms with Gasteiger partial charge in [-0.3, -0.25) is 10.1 Å². The number of carbonyl (C=O) groups is 3. The predicted molar refractivity (Wildman–Crippen MR) is 140 cm³/mol. The number of carbonyl (C=O) groups excluding carboxylic acids is 3. The fourth-order valence-corrected chi connectivity index (χ4v) is 5.44. The number of rotatable bonds is 8. The molecule has 0 amide bonds. The zero-order valence-corrected chi connectivity index (χ0v) is 23.0. The Hall–Kier alpha value is -3.31. The van der Waals surface area contributed by atoms with Gasteiger partial charge in [0.2, 0.25) is 5.60 Å². The second-order valence-electron chi connectivity index (χ2n) is 10.4. The molecule has 1 aliphatic heterocycles. The number of nitro benzene ring substituents is 1. The number of non-ortho nitro benzene ring substituents is 1. The molecule has 11 heteroatoms. The van der Waals surface area contributed by atoms with Crippen LogP contribution in [0.1, 0.15) is 58.4 Å². The van der Waals surface area contributed by atoms with Gasteiger partial charge in [0.05, 0.1) is 37.1 Å². The van der Waals surface area contributed by atoms with Crippen LogP contribution in [0, 0.1) is 16.0 Å². The van der Waals surface area contributed by atoms with Gasteiger partial charge in [-0.25, -0.2) is 9.59 Å². The normalized spacial score (nSPS) is 20.1. The highest BCUT2D eigenvalue weighted by molar-refractivity contribution is 8.93. The molecule has 2 aromatic carbocycles. The zero-order valence-electron chi connectivity index (χ0n) is 21.3. The van der Waals surface area contributed by atoms with E-state index in [9.17, 15) is 29.6 Å². The predicted octanol–water partition coefficient (Wildman–Crippen LogP) is 3.17. The third-order valence-electron chi connectivity index (χ3n) is 7.32. The second-order valence-corrected chi connectivity index (χ2v) is 10.4. The smallest absolute Gasteiger partial charge is 0.356 e. The van der Waals surface area contributed by atoms with Gasteiger partial charge >= 0.3 is 11.9 Å². The minimum absolute atomic E-state index is 0. The quantitative estimate of drug-likeness (QED) is 0.198. The lowest BCUT2D eigenvalue weighted by Crippen LogP contribution is -2.49. The highest BCUT2D eigenvalue weighted by Gasteiger charge is 2.54. The third kappa shape index (κ3) is 6.05. The molecule has 38 heavy (non-hydrogen) atoms. The van der Waals surface area contributed by atoms with Gasteiger partial charge in [0.25, 0.3) is 5.69 Å². The summed E-state index contributed by atoms with van der Waals surface area (Å²) in [6, 6.07) is 11.3. The van der Waals surface area contributed by atoms with Crippen molar-refractivity contribution in [1.82, 2.24) is 0 Å². The molecule has 0 N–H and O–H groups in total. The van der Waals surface area contributed by atoms with Gasteiger partial charge in [-0.05, 0) is 18.9 Å². The van der Waals surface area contributed by atoms with E-state index in [0.29, 0.717) is 35.9 Å². The maximum Gasteiger partial charge on any atom is 0.356 e. The highest BCUT2D eigenvalue weighted by Crippen LogP contribution is 2.45. The van der Waals surface area contributed by atoms with Gasteiger partial charge in [-0.2, -0.15) is 0 Å². The molecule has 2 fully saturated rings. The molecule has 1 saturated heterocycles. The number of benzene rings is 2. The summed E-state index contributed by atoms with van der Waals surface area (Å²) in [5, 5.41) is 22.8. The van der Waals surface area contributed by atoms with Crippen LogP contribution in [0.15, 0.2) is 48.5 Å². The standard InChI is InChI=1S/C27H30N2O8.BrH/c1-29(2)13-12-23(17-29)36-26(33)27(21-10-6-7-11-21,20-8-4-3-5-9-20)37-25(32)19-14-18(24(30)31)15-22(16-19)28(34)35;/h3-5,8-9,14-16,21,23H,6-7,10-13,17H2,1-2H3;1H. The molecule has 0 bridgehead atoms. The number of carboxylic acids is 1. The number of likely N-dealkylation sites (tertiary alicyclic amines) is 1. The lowest BCUT2D eigenvalue weighted by Gasteiger charge is -2.37. The van der Waals surface area contributed by atoms with E-state index in [0.717, 1.165) is 37.6 Å². The molecular weight excluding hydrogens is 560 g/mol. The first-order chi connectivity index (χ1) is 17.5. The number of quaternary nitrogens is 1. The van der Waals surface area contributed by atoms with Crippen molar-refractivity contribution < 1.29 is 38.4 Å². The van der Waals surface area contributed by atoms with Crippen molar-refractivity contribution in [3.8, 4) is 0 Å². The summed E-state index contributed by atoms with van der Waals surface area (Å²) in [6.45, 7) is 1.45. The molecule has 2 aliphatic rings. The molecule has 204 valence electrons. The Kier molecular flexibility index (Phi) is 8.94. The summed E-state index contributed by atoms with van der Waals surface area (Å²) in [7, 11) is 4.10. The van der Waals surface area contributed by atoms with Gasteiger partial charge in [-0.1, -0.05) is 43.2 Å². The second kappa shape index (κ2) is 11.6. The first-order valence-electron chi connectivity index (χ1n) is 12.3. The SMILES string of the molecule is Br.C[N+]1(C)CCC(OC(=O)C(OC(=O)c2cc(C(=O)[O-])cc([N+](=O)[O-])c2)(c2ccccc2)C2CCCC2)C1. The van der Waals surface area contributed by atoms with Crippen LogP contribution < -0.4 is 5.11 Å². The monoisotopic (exact) mass is 590 g/mol. The molecule has 1 aliphatic carbocycles. The van der Waals surface area contributed by atoms with Crippen LogP contribution in [0.5, 0.6) is 0 Å². The van der Waals surface area contributed by atoms with E-state index >= 15 is 0 Å². The number of aromatic carboxylic acids is 1. The van der Waals surface area contributed by atoms with E-state index in [1.165, 1.54) is 0 Å². The summed E-state index contributed by atoms with van der Waals surface area (Å²) < 4.78 is 12.7. The molecule has 0 radical (unpaired) electrons. The average Bonchev–Trinajstić information content (AvgIpc) is 3.52. The van der Waals surface area contributed by atoms with Crippen molar-refractivity contribution in [3.05, 3.63) is 75.3 Å². The van der Waals surface area contributed by atoms with Gasteiger partial charge in [0.15, 0.2) is 6.10 Å². The molecule has 2 unspecified atom stereocenters. The first-order valence-corrected chi connectivity index (χ1v) is 12.3. The highest BCUT2D eigenvalue weighted by atomic mass is 79.9. The minimum atomic E-state index is -1.79. The molecule has 0 aromatic heterocycles. The number of hydrogen-bond acceptors (Lipinski definition) is 8. The molecule has 1 heterocycles. The summed E-state index contributed by atoms with van der Waals surface area (Å²) in [5.41, 5.74) is -2.86. The number of hydrogen-bond donors (Lipinski definition) is 0. The Bertz CT molecular complexity index is 1180. The summed E-state index contributed by atoms with van der Waals surface area (Å²) in [4.78, 5) is 49.6. The first kappa shape index (κ1) is 29.2. The lowest BCUT2D eigenvalue weighted by atomic mass is 9.79. The number of ether oxygens (including phenoxy) is 2. The van der Waals surface area contributed by atoms with E-state index in [4.69, 9.17) is 9.47 Å². The minimum Gasteiger partial charge on any atom is -0.545 e. The molecule has 2 atom stereocenters. The van der Waals surface area contributed by atoms with E-state index in [2.05, 4.69) is 0 Å². The number of esters is 2. The number of nitro groups is 1. The van der Waals surface area contributed by atoms with Crippen molar-refractivity contribution in [3.63, 3.8) is 0 Å². The van der Waals surface area contributed by atoms with Gasteiger partial charge < -0.3 is 23.9 Å². The molecule has 4 rings (SSSR count). The number of halogens is 1. The van der Waals surface area contributed by atoms with E-state index in [1.807, 2.05) is 14.1 Å². The molecule has 10 nitrogen and oxygen atoms in total. The topological polar surface area (TPSA) is 136 Å². The number of likely N-dealkylation sites (N-methyl/N-ethyl adjacent to an activating group) is 1. The van der Waals surface area contributed by atoms with Crippen molar-refractivity contribution in [2.24, 2.45) is 5.92 Å². The van der Waals surface area contributed by atoms with Gasteiger partial charge in [0.1, 0.15) is 6.54 Å². The Morgan fingerprint density at radius 2 is 1.63 bits per heavy atom. The maximum absolute atomic E-state index is 14.0. The van der Waals surface area contributed by atoms with Crippen LogP contribution in [0.25, 0.3) is 0 Å². The molecular formula is C27H31BrN2O8. The van der Waals surface area contributed by atoms with E-state index < -0.39 is 39.7 Å². The van der Waals surface area contributed by atoms with Crippen molar-refractivity contribution >= 4 is 40.6 Å². The molecule has 2 aromatic rings. The van der Waals surface area contributed by atoms with Crippen LogP contribution in [0.3, 0.4) is 0 Å². The van der Waals surface area contributed by atoms with Crippen molar-refractivity contribution in [1.29, 1.82) is 0 Å². The van der Waals surface area contributed by atoms with Gasteiger partial charge in [-0.15, -0.1) is 17.0 Å². The third-order valence-corrected chi connectivity index (χ3v) is 7.32. The Balaban J connectivity index is 0.00000400. The van der Waals surface area contributed by atoms with Crippen LogP contribution >= 0.6 is 17.0 Å². The maximum atomic E-state index is 14.0. The fraction of sp³-hybridized carbons (Fsp3) is 0.444.